The van der Waals surface area contributed by atoms with Gasteiger partial charge in [-0.25, -0.2) is 4.79 Å². The molecule has 1 heterocycles. The molecular weight excluding hydrogens is 230 g/mol. The van der Waals surface area contributed by atoms with Crippen molar-refractivity contribution < 1.29 is 13.9 Å². The molecule has 0 bridgehead atoms. The third-order valence-electron chi connectivity index (χ3n) is 2.72. The summed E-state index contributed by atoms with van der Waals surface area (Å²) >= 11 is 0. The number of para-hydroxylation sites is 1. The van der Waals surface area contributed by atoms with Crippen LogP contribution in [0.2, 0.25) is 0 Å². The zero-order valence-electron chi connectivity index (χ0n) is 10.4. The SMILES string of the molecule is COC(=O)c1occc1CN(C)c1ccccc1. The average Bonchev–Trinajstić information content (AvgIpc) is 2.87. The fourth-order valence-corrected chi connectivity index (χ4v) is 1.76. The normalized spacial score (nSPS) is 10.1. The van der Waals surface area contributed by atoms with Crippen LogP contribution in [-0.2, 0) is 11.3 Å². The van der Waals surface area contributed by atoms with Crippen LogP contribution in [0.25, 0.3) is 0 Å². The molecule has 0 aliphatic carbocycles. The van der Waals surface area contributed by atoms with Crippen LogP contribution in [0.4, 0.5) is 5.69 Å². The molecule has 4 nitrogen and oxygen atoms in total. The summed E-state index contributed by atoms with van der Waals surface area (Å²) in [5, 5.41) is 0. The highest BCUT2D eigenvalue weighted by Gasteiger charge is 2.16. The molecule has 4 heteroatoms. The van der Waals surface area contributed by atoms with Crippen molar-refractivity contribution in [3.05, 3.63) is 54.0 Å². The fourth-order valence-electron chi connectivity index (χ4n) is 1.76. The topological polar surface area (TPSA) is 42.7 Å². The summed E-state index contributed by atoms with van der Waals surface area (Å²) in [7, 11) is 3.30. The third-order valence-corrected chi connectivity index (χ3v) is 2.72. The predicted octanol–water partition coefficient (Wildman–Crippen LogP) is 2.70. The molecule has 0 amide bonds. The van der Waals surface area contributed by atoms with Crippen molar-refractivity contribution in [3.8, 4) is 0 Å². The Morgan fingerprint density at radius 2 is 2.00 bits per heavy atom. The first kappa shape index (κ1) is 12.2. The number of benzene rings is 1. The predicted molar refractivity (Wildman–Crippen MR) is 68.6 cm³/mol. The molecule has 1 aromatic heterocycles. The molecule has 0 N–H and O–H groups in total. The Kier molecular flexibility index (Phi) is 3.67. The molecule has 0 radical (unpaired) electrons. The first-order valence-corrected chi connectivity index (χ1v) is 5.63. The van der Waals surface area contributed by atoms with Gasteiger partial charge in [-0.05, 0) is 18.2 Å². The maximum absolute atomic E-state index is 11.5. The van der Waals surface area contributed by atoms with Crippen molar-refractivity contribution >= 4 is 11.7 Å². The van der Waals surface area contributed by atoms with E-state index in [2.05, 4.69) is 4.74 Å². The van der Waals surface area contributed by atoms with E-state index >= 15 is 0 Å². The molecule has 0 atom stereocenters. The van der Waals surface area contributed by atoms with Gasteiger partial charge in [0.2, 0.25) is 5.76 Å². The lowest BCUT2D eigenvalue weighted by Crippen LogP contribution is -2.17. The number of furan rings is 1. The summed E-state index contributed by atoms with van der Waals surface area (Å²) in [6, 6.07) is 11.7. The van der Waals surface area contributed by atoms with Gasteiger partial charge in [-0.15, -0.1) is 0 Å². The zero-order chi connectivity index (χ0) is 13.0. The van der Waals surface area contributed by atoms with Gasteiger partial charge >= 0.3 is 5.97 Å². The lowest BCUT2D eigenvalue weighted by atomic mass is 10.2. The van der Waals surface area contributed by atoms with E-state index in [9.17, 15) is 4.79 Å². The number of carbonyl (C=O) groups is 1. The molecule has 0 saturated carbocycles. The minimum absolute atomic E-state index is 0.264. The number of anilines is 1. The van der Waals surface area contributed by atoms with Crippen molar-refractivity contribution in [1.29, 1.82) is 0 Å². The Morgan fingerprint density at radius 3 is 2.67 bits per heavy atom. The van der Waals surface area contributed by atoms with Gasteiger partial charge in [0, 0.05) is 24.8 Å². The first-order valence-electron chi connectivity index (χ1n) is 5.63. The Hall–Kier alpha value is -2.23. The van der Waals surface area contributed by atoms with Crippen molar-refractivity contribution in [1.82, 2.24) is 0 Å². The van der Waals surface area contributed by atoms with Crippen LogP contribution in [0, 0.1) is 0 Å². The van der Waals surface area contributed by atoms with Crippen LogP contribution in [0.3, 0.4) is 0 Å². The molecule has 2 rings (SSSR count). The quantitative estimate of drug-likeness (QED) is 0.777. The summed E-state index contributed by atoms with van der Waals surface area (Å²) in [5.74, 6) is -0.184. The molecule has 0 aliphatic rings. The molecule has 18 heavy (non-hydrogen) atoms. The van der Waals surface area contributed by atoms with Gasteiger partial charge in [0.15, 0.2) is 0 Å². The van der Waals surface area contributed by atoms with E-state index < -0.39 is 5.97 Å². The largest absolute Gasteiger partial charge is 0.463 e. The van der Waals surface area contributed by atoms with Gasteiger partial charge in [-0.2, -0.15) is 0 Å². The number of esters is 1. The second-order valence-corrected chi connectivity index (χ2v) is 3.96. The summed E-state index contributed by atoms with van der Waals surface area (Å²) < 4.78 is 9.82. The molecular formula is C14H15NO3. The minimum Gasteiger partial charge on any atom is -0.463 e. The summed E-state index contributed by atoms with van der Waals surface area (Å²) in [6.45, 7) is 0.588. The van der Waals surface area contributed by atoms with Crippen molar-refractivity contribution in [2.45, 2.75) is 6.54 Å². The maximum Gasteiger partial charge on any atom is 0.374 e. The van der Waals surface area contributed by atoms with E-state index in [1.807, 2.05) is 42.3 Å². The molecule has 0 saturated heterocycles. The number of methoxy groups -OCH3 is 1. The monoisotopic (exact) mass is 245 g/mol. The van der Waals surface area contributed by atoms with Gasteiger partial charge in [0.1, 0.15) is 0 Å². The summed E-state index contributed by atoms with van der Waals surface area (Å²) in [6.07, 6.45) is 1.50. The van der Waals surface area contributed by atoms with E-state index in [0.29, 0.717) is 6.54 Å². The molecule has 1 aromatic carbocycles. The number of rotatable bonds is 4. The van der Waals surface area contributed by atoms with Crippen LogP contribution in [-0.4, -0.2) is 20.1 Å². The molecule has 0 fully saturated rings. The zero-order valence-corrected chi connectivity index (χ0v) is 10.4. The van der Waals surface area contributed by atoms with E-state index in [1.165, 1.54) is 13.4 Å². The van der Waals surface area contributed by atoms with Gasteiger partial charge in [0.05, 0.1) is 13.4 Å². The first-order chi connectivity index (χ1) is 8.72. The number of hydrogen-bond acceptors (Lipinski definition) is 4. The Balaban J connectivity index is 2.15. The molecule has 0 spiro atoms. The molecule has 2 aromatic rings. The van der Waals surface area contributed by atoms with Crippen LogP contribution in [0.1, 0.15) is 16.1 Å². The highest BCUT2D eigenvalue weighted by molar-refractivity contribution is 5.87. The molecule has 0 unspecified atom stereocenters. The number of hydrogen-bond donors (Lipinski definition) is 0. The van der Waals surface area contributed by atoms with Crippen LogP contribution in [0.5, 0.6) is 0 Å². The maximum atomic E-state index is 11.5. The highest BCUT2D eigenvalue weighted by Crippen LogP contribution is 2.18. The van der Waals surface area contributed by atoms with Crippen LogP contribution < -0.4 is 4.90 Å². The second kappa shape index (κ2) is 5.40. The molecule has 0 aliphatic heterocycles. The minimum atomic E-state index is -0.448. The number of carbonyl (C=O) groups excluding carboxylic acids is 1. The lowest BCUT2D eigenvalue weighted by molar-refractivity contribution is 0.0563. The van der Waals surface area contributed by atoms with E-state index in [-0.39, 0.29) is 5.76 Å². The standard InChI is InChI=1S/C14H15NO3/c1-15(12-6-4-3-5-7-12)10-11-8-9-18-13(11)14(16)17-2/h3-9H,10H2,1-2H3. The van der Waals surface area contributed by atoms with Gasteiger partial charge in [0.25, 0.3) is 0 Å². The van der Waals surface area contributed by atoms with Gasteiger partial charge in [-0.1, -0.05) is 18.2 Å². The van der Waals surface area contributed by atoms with Crippen molar-refractivity contribution in [2.75, 3.05) is 19.1 Å². The van der Waals surface area contributed by atoms with Crippen LogP contribution >= 0.6 is 0 Å². The van der Waals surface area contributed by atoms with Crippen molar-refractivity contribution in [3.63, 3.8) is 0 Å². The average molecular weight is 245 g/mol. The van der Waals surface area contributed by atoms with Crippen LogP contribution in [0.15, 0.2) is 47.1 Å². The Labute approximate surface area is 106 Å². The summed E-state index contributed by atoms with van der Waals surface area (Å²) in [4.78, 5) is 13.5. The van der Waals surface area contributed by atoms with E-state index in [0.717, 1.165) is 11.3 Å². The number of nitrogens with zero attached hydrogens (tertiary/aromatic N) is 1. The Morgan fingerprint density at radius 1 is 1.28 bits per heavy atom. The summed E-state index contributed by atoms with van der Waals surface area (Å²) in [5.41, 5.74) is 1.89. The van der Waals surface area contributed by atoms with E-state index in [4.69, 9.17) is 4.42 Å². The van der Waals surface area contributed by atoms with E-state index in [1.54, 1.807) is 6.07 Å². The second-order valence-electron chi connectivity index (χ2n) is 3.96. The van der Waals surface area contributed by atoms with Gasteiger partial charge in [-0.3, -0.25) is 0 Å². The highest BCUT2D eigenvalue weighted by atomic mass is 16.5. The fraction of sp³-hybridized carbons (Fsp3) is 0.214. The van der Waals surface area contributed by atoms with Crippen molar-refractivity contribution in [2.24, 2.45) is 0 Å². The smallest absolute Gasteiger partial charge is 0.374 e. The van der Waals surface area contributed by atoms with Gasteiger partial charge < -0.3 is 14.1 Å². The third kappa shape index (κ3) is 2.53. The molecule has 94 valence electrons. The Bertz CT molecular complexity index is 519. The lowest BCUT2D eigenvalue weighted by Gasteiger charge is -2.18. The number of ether oxygens (including phenoxy) is 1.